The van der Waals surface area contributed by atoms with E-state index in [-0.39, 0.29) is 22.8 Å². The number of amides is 1. The van der Waals surface area contributed by atoms with E-state index in [4.69, 9.17) is 18.0 Å². The molecule has 3 nitrogen and oxygen atoms in total. The molecule has 1 atom stereocenters. The summed E-state index contributed by atoms with van der Waals surface area (Å²) in [6.07, 6.45) is 0.683. The van der Waals surface area contributed by atoms with Gasteiger partial charge in [0.15, 0.2) is 0 Å². The first kappa shape index (κ1) is 14.6. The molecule has 0 aliphatic carbocycles. The minimum Gasteiger partial charge on any atom is -0.392 e. The van der Waals surface area contributed by atoms with Gasteiger partial charge in [-0.25, -0.2) is 4.39 Å². The number of thiocarbonyl (C=S) groups is 1. The van der Waals surface area contributed by atoms with Crippen LogP contribution in [0, 0.1) is 11.7 Å². The van der Waals surface area contributed by atoms with E-state index in [1.165, 1.54) is 24.3 Å². The van der Waals surface area contributed by atoms with Crippen molar-refractivity contribution in [1.29, 1.82) is 0 Å². The van der Waals surface area contributed by atoms with Gasteiger partial charge in [-0.3, -0.25) is 4.79 Å². The number of hydrogen-bond acceptors (Lipinski definition) is 2. The van der Waals surface area contributed by atoms with Crippen LogP contribution in [0.25, 0.3) is 0 Å². The van der Waals surface area contributed by atoms with Crippen molar-refractivity contribution >= 4 is 23.1 Å². The van der Waals surface area contributed by atoms with E-state index in [1.807, 2.05) is 13.8 Å². The van der Waals surface area contributed by atoms with Gasteiger partial charge in [0.1, 0.15) is 5.82 Å². The van der Waals surface area contributed by atoms with Gasteiger partial charge in [0.2, 0.25) is 0 Å². The molecular formula is C13H17FN2OS. The Morgan fingerprint density at radius 2 is 1.94 bits per heavy atom. The maximum Gasteiger partial charge on any atom is 0.251 e. The predicted octanol–water partition coefficient (Wildman–Crippen LogP) is 2.26. The number of carbonyl (C=O) groups is 1. The number of benzene rings is 1. The second-order valence-electron chi connectivity index (χ2n) is 4.56. The fraction of sp³-hybridized carbons (Fsp3) is 0.385. The molecule has 1 amide bonds. The number of hydrogen-bond donors (Lipinski definition) is 2. The Hall–Kier alpha value is -1.49. The highest BCUT2D eigenvalue weighted by Crippen LogP contribution is 2.07. The van der Waals surface area contributed by atoms with Crippen LogP contribution in [0.1, 0.15) is 30.6 Å². The van der Waals surface area contributed by atoms with Crippen LogP contribution in [0.5, 0.6) is 0 Å². The maximum atomic E-state index is 12.7. The van der Waals surface area contributed by atoms with E-state index in [1.54, 1.807) is 0 Å². The molecule has 1 rings (SSSR count). The SMILES string of the molecule is CC(C)CC(NC(=O)c1ccc(F)cc1)C(N)=S. The van der Waals surface area contributed by atoms with Gasteiger partial charge in [-0.05, 0) is 36.6 Å². The van der Waals surface area contributed by atoms with Crippen molar-refractivity contribution in [3.05, 3.63) is 35.6 Å². The summed E-state index contributed by atoms with van der Waals surface area (Å²) in [7, 11) is 0. The number of halogens is 1. The monoisotopic (exact) mass is 268 g/mol. The lowest BCUT2D eigenvalue weighted by atomic mass is 10.0. The lowest BCUT2D eigenvalue weighted by Gasteiger charge is -2.19. The van der Waals surface area contributed by atoms with Crippen LogP contribution in [-0.4, -0.2) is 16.9 Å². The Labute approximate surface area is 112 Å². The van der Waals surface area contributed by atoms with Crippen LogP contribution in [0.15, 0.2) is 24.3 Å². The quantitative estimate of drug-likeness (QED) is 0.805. The number of nitrogens with one attached hydrogen (secondary N) is 1. The van der Waals surface area contributed by atoms with Crippen LogP contribution >= 0.6 is 12.2 Å². The molecule has 1 aromatic rings. The van der Waals surface area contributed by atoms with Crippen molar-refractivity contribution in [3.63, 3.8) is 0 Å². The summed E-state index contributed by atoms with van der Waals surface area (Å²) in [6, 6.07) is 5.01. The first-order valence-electron chi connectivity index (χ1n) is 5.76. The van der Waals surface area contributed by atoms with Crippen LogP contribution in [0.3, 0.4) is 0 Å². The standard InChI is InChI=1S/C13H17FN2OS/c1-8(2)7-11(12(15)18)16-13(17)9-3-5-10(14)6-4-9/h3-6,8,11H,7H2,1-2H3,(H2,15,18)(H,16,17). The van der Waals surface area contributed by atoms with Crippen molar-refractivity contribution in [3.8, 4) is 0 Å². The zero-order valence-electron chi connectivity index (χ0n) is 10.4. The second kappa shape index (κ2) is 6.44. The Morgan fingerprint density at radius 3 is 2.39 bits per heavy atom. The molecule has 0 radical (unpaired) electrons. The summed E-state index contributed by atoms with van der Waals surface area (Å²) in [5.74, 6) is -0.307. The van der Waals surface area contributed by atoms with Gasteiger partial charge in [-0.1, -0.05) is 26.1 Å². The minimum atomic E-state index is -0.375. The Balaban J connectivity index is 2.72. The van der Waals surface area contributed by atoms with E-state index in [0.717, 1.165) is 0 Å². The molecule has 3 N–H and O–H groups in total. The summed E-state index contributed by atoms with van der Waals surface area (Å²) < 4.78 is 12.7. The summed E-state index contributed by atoms with van der Waals surface area (Å²) in [6.45, 7) is 4.05. The van der Waals surface area contributed by atoms with Crippen molar-refractivity contribution in [2.75, 3.05) is 0 Å². The van der Waals surface area contributed by atoms with Crippen molar-refractivity contribution < 1.29 is 9.18 Å². The summed E-state index contributed by atoms with van der Waals surface area (Å²) in [5, 5.41) is 2.76. The number of carbonyl (C=O) groups excluding carboxylic acids is 1. The van der Waals surface area contributed by atoms with Gasteiger partial charge in [0.25, 0.3) is 5.91 Å². The first-order valence-corrected chi connectivity index (χ1v) is 6.16. The number of rotatable bonds is 5. The highest BCUT2D eigenvalue weighted by atomic mass is 32.1. The molecule has 0 fully saturated rings. The van der Waals surface area contributed by atoms with Gasteiger partial charge in [0, 0.05) is 5.56 Å². The smallest absolute Gasteiger partial charge is 0.251 e. The van der Waals surface area contributed by atoms with E-state index in [9.17, 15) is 9.18 Å². The second-order valence-corrected chi connectivity index (χ2v) is 5.04. The average Bonchev–Trinajstić information content (AvgIpc) is 2.28. The van der Waals surface area contributed by atoms with Crippen molar-refractivity contribution in [2.45, 2.75) is 26.3 Å². The molecule has 0 spiro atoms. The summed E-state index contributed by atoms with van der Waals surface area (Å²) in [4.78, 5) is 12.2. The van der Waals surface area contributed by atoms with Crippen molar-refractivity contribution in [1.82, 2.24) is 5.32 Å². The molecular weight excluding hydrogens is 251 g/mol. The largest absolute Gasteiger partial charge is 0.392 e. The zero-order chi connectivity index (χ0) is 13.7. The predicted molar refractivity (Wildman–Crippen MR) is 73.9 cm³/mol. The Morgan fingerprint density at radius 1 is 1.39 bits per heavy atom. The lowest BCUT2D eigenvalue weighted by Crippen LogP contribution is -2.44. The molecule has 1 unspecified atom stereocenters. The molecule has 18 heavy (non-hydrogen) atoms. The topological polar surface area (TPSA) is 55.1 Å². The van der Waals surface area contributed by atoms with Crippen LogP contribution in [0.4, 0.5) is 4.39 Å². The Bertz CT molecular complexity index is 431. The molecule has 0 aliphatic rings. The fourth-order valence-electron chi connectivity index (χ4n) is 1.56. The molecule has 0 bridgehead atoms. The van der Waals surface area contributed by atoms with Gasteiger partial charge >= 0.3 is 0 Å². The molecule has 0 heterocycles. The molecule has 0 saturated carbocycles. The fourth-order valence-corrected chi connectivity index (χ4v) is 1.72. The summed E-state index contributed by atoms with van der Waals surface area (Å²) in [5.41, 5.74) is 5.98. The third-order valence-corrected chi connectivity index (χ3v) is 2.75. The molecule has 0 saturated heterocycles. The third-order valence-electron chi connectivity index (χ3n) is 2.46. The minimum absolute atomic E-state index is 0.263. The van der Waals surface area contributed by atoms with Gasteiger partial charge in [-0.2, -0.15) is 0 Å². The molecule has 0 aromatic heterocycles. The molecule has 0 aliphatic heterocycles. The molecule has 5 heteroatoms. The van der Waals surface area contributed by atoms with Crippen LogP contribution < -0.4 is 11.1 Å². The molecule has 1 aromatic carbocycles. The molecule has 98 valence electrons. The van der Waals surface area contributed by atoms with Gasteiger partial charge < -0.3 is 11.1 Å². The highest BCUT2D eigenvalue weighted by molar-refractivity contribution is 7.80. The lowest BCUT2D eigenvalue weighted by molar-refractivity contribution is 0.0944. The average molecular weight is 268 g/mol. The van der Waals surface area contributed by atoms with Gasteiger partial charge in [-0.15, -0.1) is 0 Å². The summed E-state index contributed by atoms with van der Waals surface area (Å²) >= 11 is 4.93. The normalized spacial score (nSPS) is 12.2. The zero-order valence-corrected chi connectivity index (χ0v) is 11.3. The van der Waals surface area contributed by atoms with Crippen LogP contribution in [-0.2, 0) is 0 Å². The van der Waals surface area contributed by atoms with E-state index < -0.39 is 0 Å². The number of nitrogens with two attached hydrogens (primary N) is 1. The van der Waals surface area contributed by atoms with E-state index >= 15 is 0 Å². The van der Waals surface area contributed by atoms with Crippen molar-refractivity contribution in [2.24, 2.45) is 11.7 Å². The van der Waals surface area contributed by atoms with E-state index in [0.29, 0.717) is 17.9 Å². The Kier molecular flexibility index (Phi) is 5.22. The van der Waals surface area contributed by atoms with Crippen LogP contribution in [0.2, 0.25) is 0 Å². The highest BCUT2D eigenvalue weighted by Gasteiger charge is 2.17. The first-order chi connectivity index (χ1) is 8.40. The van der Waals surface area contributed by atoms with E-state index in [2.05, 4.69) is 5.32 Å². The van der Waals surface area contributed by atoms with Gasteiger partial charge in [0.05, 0.1) is 11.0 Å². The third kappa shape index (κ3) is 4.41. The maximum absolute atomic E-state index is 12.7.